The van der Waals surface area contributed by atoms with Gasteiger partial charge in [0.1, 0.15) is 5.82 Å². The Morgan fingerprint density at radius 2 is 1.96 bits per heavy atom. The van der Waals surface area contributed by atoms with Gasteiger partial charge in [0.2, 0.25) is 5.82 Å². The van der Waals surface area contributed by atoms with Gasteiger partial charge in [0.25, 0.3) is 0 Å². The van der Waals surface area contributed by atoms with Crippen LogP contribution < -0.4 is 5.32 Å². The summed E-state index contributed by atoms with van der Waals surface area (Å²) in [6, 6.07) is 10.5. The number of pyridine rings is 1. The number of nitrogens with zero attached hydrogens (tertiary/aromatic N) is 3. The average Bonchev–Trinajstić information content (AvgIpc) is 3.03. The topological polar surface area (TPSA) is 63.8 Å². The largest absolute Gasteiger partial charge is 0.337 e. The van der Waals surface area contributed by atoms with Crippen molar-refractivity contribution in [2.75, 3.05) is 11.9 Å². The molecule has 0 amide bonds. The third kappa shape index (κ3) is 3.53. The molecule has 5 nitrogen and oxygen atoms in total. The standard InChI is InChI=1S/C17H17FN4O/c1-17(2,13-5-7-14(18)8-6-13)11-20-16-21-15(22-23-16)12-4-3-9-19-10-12/h3-10H,11H2,1-2H3,(H,20,21,22). The van der Waals surface area contributed by atoms with Crippen molar-refractivity contribution in [3.8, 4) is 11.4 Å². The van der Waals surface area contributed by atoms with E-state index in [1.54, 1.807) is 24.5 Å². The molecule has 0 aliphatic carbocycles. The Bertz CT molecular complexity index is 769. The van der Waals surface area contributed by atoms with Crippen molar-refractivity contribution in [3.05, 3.63) is 60.2 Å². The van der Waals surface area contributed by atoms with E-state index in [0.717, 1.165) is 11.1 Å². The summed E-state index contributed by atoms with van der Waals surface area (Å²) >= 11 is 0. The van der Waals surface area contributed by atoms with Crippen LogP contribution in [-0.4, -0.2) is 21.7 Å². The minimum absolute atomic E-state index is 0.212. The van der Waals surface area contributed by atoms with Gasteiger partial charge in [-0.3, -0.25) is 4.98 Å². The van der Waals surface area contributed by atoms with Crippen LogP contribution in [0.5, 0.6) is 0 Å². The molecular formula is C17H17FN4O. The van der Waals surface area contributed by atoms with Gasteiger partial charge in [-0.15, -0.1) is 0 Å². The molecule has 2 heterocycles. The molecule has 1 N–H and O–H groups in total. The van der Waals surface area contributed by atoms with Gasteiger partial charge in [0.05, 0.1) is 0 Å². The van der Waals surface area contributed by atoms with Crippen molar-refractivity contribution in [2.24, 2.45) is 0 Å². The highest BCUT2D eigenvalue weighted by molar-refractivity contribution is 5.53. The van der Waals surface area contributed by atoms with Crippen LogP contribution in [0.25, 0.3) is 11.4 Å². The Kier molecular flexibility index (Phi) is 4.06. The van der Waals surface area contributed by atoms with Gasteiger partial charge in [0.15, 0.2) is 0 Å². The quantitative estimate of drug-likeness (QED) is 0.779. The Balaban J connectivity index is 1.68. The summed E-state index contributed by atoms with van der Waals surface area (Å²) in [6.07, 6.45) is 3.37. The van der Waals surface area contributed by atoms with Crippen molar-refractivity contribution in [2.45, 2.75) is 19.3 Å². The van der Waals surface area contributed by atoms with Crippen molar-refractivity contribution < 1.29 is 8.91 Å². The van der Waals surface area contributed by atoms with Crippen LogP contribution in [0.1, 0.15) is 19.4 Å². The molecule has 0 bridgehead atoms. The number of hydrogen-bond donors (Lipinski definition) is 1. The summed E-state index contributed by atoms with van der Waals surface area (Å²) in [5.41, 5.74) is 1.61. The zero-order chi connectivity index (χ0) is 16.3. The van der Waals surface area contributed by atoms with Gasteiger partial charge in [-0.1, -0.05) is 31.1 Å². The van der Waals surface area contributed by atoms with Gasteiger partial charge in [-0.2, -0.15) is 4.98 Å². The minimum atomic E-state index is -0.240. The van der Waals surface area contributed by atoms with E-state index in [2.05, 4.69) is 34.3 Å². The highest BCUT2D eigenvalue weighted by Gasteiger charge is 2.21. The summed E-state index contributed by atoms with van der Waals surface area (Å²) < 4.78 is 18.2. The molecule has 0 saturated carbocycles. The van der Waals surface area contributed by atoms with Crippen LogP contribution in [0.3, 0.4) is 0 Å². The number of anilines is 1. The molecule has 6 heteroatoms. The summed E-state index contributed by atoms with van der Waals surface area (Å²) in [6.45, 7) is 4.70. The third-order valence-electron chi connectivity index (χ3n) is 3.65. The normalized spacial score (nSPS) is 11.4. The Morgan fingerprint density at radius 3 is 2.65 bits per heavy atom. The summed E-state index contributed by atoms with van der Waals surface area (Å²) in [4.78, 5) is 8.33. The fraction of sp³-hybridized carbons (Fsp3) is 0.235. The highest BCUT2D eigenvalue weighted by atomic mass is 19.1. The first-order valence-electron chi connectivity index (χ1n) is 7.29. The van der Waals surface area contributed by atoms with E-state index in [0.29, 0.717) is 18.4 Å². The Morgan fingerprint density at radius 1 is 1.17 bits per heavy atom. The lowest BCUT2D eigenvalue weighted by molar-refractivity contribution is 0.426. The molecule has 1 aromatic carbocycles. The zero-order valence-electron chi connectivity index (χ0n) is 13.0. The maximum absolute atomic E-state index is 13.0. The van der Waals surface area contributed by atoms with Crippen molar-refractivity contribution in [1.82, 2.24) is 15.1 Å². The number of rotatable bonds is 5. The van der Waals surface area contributed by atoms with Crippen LogP contribution in [0.2, 0.25) is 0 Å². The van der Waals surface area contributed by atoms with Crippen LogP contribution in [0.15, 0.2) is 53.3 Å². The summed E-state index contributed by atoms with van der Waals surface area (Å²) in [7, 11) is 0. The molecule has 0 radical (unpaired) electrons. The maximum atomic E-state index is 13.0. The highest BCUT2D eigenvalue weighted by Crippen LogP contribution is 2.24. The van der Waals surface area contributed by atoms with Crippen molar-refractivity contribution in [3.63, 3.8) is 0 Å². The molecule has 0 aliphatic rings. The SMILES string of the molecule is CC(C)(CNc1nc(-c2cccnc2)no1)c1ccc(F)cc1. The van der Waals surface area contributed by atoms with Crippen LogP contribution in [0, 0.1) is 5.82 Å². The molecule has 23 heavy (non-hydrogen) atoms. The molecule has 2 aromatic heterocycles. The molecule has 3 aromatic rings. The maximum Gasteiger partial charge on any atom is 0.321 e. The van der Waals surface area contributed by atoms with E-state index in [-0.39, 0.29) is 11.2 Å². The molecule has 118 valence electrons. The second kappa shape index (κ2) is 6.16. The molecule has 0 fully saturated rings. The van der Waals surface area contributed by atoms with E-state index < -0.39 is 0 Å². The fourth-order valence-corrected chi connectivity index (χ4v) is 2.21. The van der Waals surface area contributed by atoms with Gasteiger partial charge < -0.3 is 9.84 Å². The predicted molar refractivity (Wildman–Crippen MR) is 85.4 cm³/mol. The lowest BCUT2D eigenvalue weighted by atomic mass is 9.84. The van der Waals surface area contributed by atoms with E-state index in [9.17, 15) is 4.39 Å². The van der Waals surface area contributed by atoms with E-state index in [4.69, 9.17) is 4.52 Å². The van der Waals surface area contributed by atoms with E-state index >= 15 is 0 Å². The molecule has 3 rings (SSSR count). The second-order valence-corrected chi connectivity index (χ2v) is 5.91. The first-order chi connectivity index (χ1) is 11.0. The van der Waals surface area contributed by atoms with Gasteiger partial charge in [-0.25, -0.2) is 4.39 Å². The summed E-state index contributed by atoms with van der Waals surface area (Å²) in [5.74, 6) is 0.246. The number of benzene rings is 1. The predicted octanol–water partition coefficient (Wildman–Crippen LogP) is 3.66. The van der Waals surface area contributed by atoms with E-state index in [1.807, 2.05) is 12.1 Å². The smallest absolute Gasteiger partial charge is 0.321 e. The van der Waals surface area contributed by atoms with Crippen LogP contribution in [0.4, 0.5) is 10.4 Å². The van der Waals surface area contributed by atoms with Crippen LogP contribution >= 0.6 is 0 Å². The first-order valence-corrected chi connectivity index (χ1v) is 7.29. The fourth-order valence-electron chi connectivity index (χ4n) is 2.21. The summed E-state index contributed by atoms with van der Waals surface area (Å²) in [5, 5.41) is 7.07. The molecule has 0 atom stereocenters. The molecule has 0 saturated heterocycles. The Labute approximate surface area is 133 Å². The number of halogens is 1. The zero-order valence-corrected chi connectivity index (χ0v) is 13.0. The average molecular weight is 312 g/mol. The molecule has 0 unspecified atom stereocenters. The van der Waals surface area contributed by atoms with E-state index in [1.165, 1.54) is 12.1 Å². The van der Waals surface area contributed by atoms with Crippen molar-refractivity contribution in [1.29, 1.82) is 0 Å². The van der Waals surface area contributed by atoms with Crippen LogP contribution in [-0.2, 0) is 5.41 Å². The lowest BCUT2D eigenvalue weighted by Crippen LogP contribution is -2.27. The molecule has 0 spiro atoms. The first kappa shape index (κ1) is 15.1. The number of aromatic nitrogens is 3. The van der Waals surface area contributed by atoms with Crippen molar-refractivity contribution >= 4 is 6.01 Å². The molecular weight excluding hydrogens is 295 g/mol. The molecule has 0 aliphatic heterocycles. The number of nitrogens with one attached hydrogen (secondary N) is 1. The van der Waals surface area contributed by atoms with Gasteiger partial charge in [0, 0.05) is 29.9 Å². The monoisotopic (exact) mass is 312 g/mol. The Hall–Kier alpha value is -2.76. The second-order valence-electron chi connectivity index (χ2n) is 5.91. The number of hydrogen-bond acceptors (Lipinski definition) is 5. The minimum Gasteiger partial charge on any atom is -0.337 e. The lowest BCUT2D eigenvalue weighted by Gasteiger charge is -2.25. The van der Waals surface area contributed by atoms with Gasteiger partial charge in [-0.05, 0) is 29.8 Å². The third-order valence-corrected chi connectivity index (χ3v) is 3.65. The van der Waals surface area contributed by atoms with Gasteiger partial charge >= 0.3 is 6.01 Å².